The van der Waals surface area contributed by atoms with Crippen LogP contribution in [0.3, 0.4) is 0 Å². The number of rotatable bonds is 6. The Kier molecular flexibility index (Phi) is 5.88. The van der Waals surface area contributed by atoms with Gasteiger partial charge in [0, 0.05) is 19.3 Å². The highest BCUT2D eigenvalue weighted by Gasteiger charge is 2.08. The molecule has 0 saturated heterocycles. The summed E-state index contributed by atoms with van der Waals surface area (Å²) in [6.45, 7) is 4.99. The van der Waals surface area contributed by atoms with E-state index in [1.54, 1.807) is 13.4 Å². The molecule has 0 aliphatic heterocycles. The zero-order valence-electron chi connectivity index (χ0n) is 13.9. The van der Waals surface area contributed by atoms with Crippen LogP contribution in [-0.4, -0.2) is 31.9 Å². The van der Waals surface area contributed by atoms with Crippen LogP contribution in [0.25, 0.3) is 0 Å². The average Bonchev–Trinajstić information content (AvgIpc) is 2.56. The van der Waals surface area contributed by atoms with Crippen molar-refractivity contribution in [2.24, 2.45) is 4.99 Å². The Balaban J connectivity index is 2.28. The van der Waals surface area contributed by atoms with Crippen molar-refractivity contribution in [2.75, 3.05) is 26.0 Å². The Labute approximate surface area is 142 Å². The molecule has 0 fully saturated rings. The van der Waals surface area contributed by atoms with Crippen LogP contribution < -0.4 is 10.1 Å². The number of anilines is 2. The summed E-state index contributed by atoms with van der Waals surface area (Å²) in [7, 11) is 3.63. The number of aliphatic imine (C=N–C) groups is 1. The molecule has 23 heavy (non-hydrogen) atoms. The first-order chi connectivity index (χ1) is 11.0. The lowest BCUT2D eigenvalue weighted by atomic mass is 10.1. The number of ether oxygens (including phenoxy) is 1. The summed E-state index contributed by atoms with van der Waals surface area (Å²) in [4.78, 5) is 6.43. The molecule has 4 nitrogen and oxygen atoms in total. The maximum absolute atomic E-state index is 6.36. The zero-order valence-corrected chi connectivity index (χ0v) is 14.7. The molecule has 0 amide bonds. The van der Waals surface area contributed by atoms with Crippen molar-refractivity contribution in [3.8, 4) is 5.75 Å². The average molecular weight is 332 g/mol. The van der Waals surface area contributed by atoms with Crippen LogP contribution in [0.2, 0.25) is 5.02 Å². The van der Waals surface area contributed by atoms with Gasteiger partial charge in [-0.25, -0.2) is 4.99 Å². The molecule has 0 aliphatic carbocycles. The van der Waals surface area contributed by atoms with Gasteiger partial charge in [-0.2, -0.15) is 0 Å². The van der Waals surface area contributed by atoms with Gasteiger partial charge >= 0.3 is 0 Å². The van der Waals surface area contributed by atoms with Gasteiger partial charge in [0.25, 0.3) is 0 Å². The third kappa shape index (κ3) is 4.39. The van der Waals surface area contributed by atoms with Gasteiger partial charge in [0.15, 0.2) is 0 Å². The van der Waals surface area contributed by atoms with Crippen LogP contribution in [0, 0.1) is 6.92 Å². The van der Waals surface area contributed by atoms with Crippen molar-refractivity contribution in [3.63, 3.8) is 0 Å². The first-order valence-corrected chi connectivity index (χ1v) is 7.87. The summed E-state index contributed by atoms with van der Waals surface area (Å²) >= 11 is 6.36. The van der Waals surface area contributed by atoms with E-state index in [-0.39, 0.29) is 0 Å². The second-order valence-electron chi connectivity index (χ2n) is 5.26. The van der Waals surface area contributed by atoms with E-state index in [4.69, 9.17) is 16.3 Å². The van der Waals surface area contributed by atoms with Crippen LogP contribution in [0.1, 0.15) is 12.5 Å². The third-order valence-electron chi connectivity index (χ3n) is 3.56. The number of nitrogens with zero attached hydrogens (tertiary/aromatic N) is 2. The van der Waals surface area contributed by atoms with E-state index < -0.39 is 0 Å². The molecule has 2 aromatic rings. The molecule has 0 aliphatic rings. The van der Waals surface area contributed by atoms with E-state index in [9.17, 15) is 0 Å². The van der Waals surface area contributed by atoms with E-state index >= 15 is 0 Å². The van der Waals surface area contributed by atoms with Gasteiger partial charge in [-0.1, -0.05) is 23.7 Å². The van der Waals surface area contributed by atoms with E-state index in [1.807, 2.05) is 55.3 Å². The van der Waals surface area contributed by atoms with Crippen LogP contribution in [0.15, 0.2) is 41.4 Å². The van der Waals surface area contributed by atoms with Gasteiger partial charge in [0.2, 0.25) is 0 Å². The smallest absolute Gasteiger partial charge is 0.142 e. The molecule has 1 N–H and O–H groups in total. The number of hydrogen-bond acceptors (Lipinski definition) is 3. The molecule has 0 saturated carbocycles. The fraction of sp³-hybridized carbons (Fsp3) is 0.278. The van der Waals surface area contributed by atoms with Gasteiger partial charge < -0.3 is 15.0 Å². The Morgan fingerprint density at radius 1 is 1.26 bits per heavy atom. The van der Waals surface area contributed by atoms with E-state index in [0.717, 1.165) is 34.9 Å². The lowest BCUT2D eigenvalue weighted by Gasteiger charge is -2.14. The zero-order chi connectivity index (χ0) is 16.8. The second kappa shape index (κ2) is 7.88. The van der Waals surface area contributed by atoms with Crippen molar-refractivity contribution in [3.05, 3.63) is 47.0 Å². The Morgan fingerprint density at radius 3 is 2.70 bits per heavy atom. The third-order valence-corrected chi connectivity index (χ3v) is 3.87. The van der Waals surface area contributed by atoms with E-state index in [2.05, 4.69) is 17.2 Å². The maximum Gasteiger partial charge on any atom is 0.142 e. The first-order valence-electron chi connectivity index (χ1n) is 7.49. The number of benzene rings is 2. The van der Waals surface area contributed by atoms with Gasteiger partial charge in [0.05, 0.1) is 29.8 Å². The molecule has 122 valence electrons. The minimum Gasteiger partial charge on any atom is -0.495 e. The van der Waals surface area contributed by atoms with Gasteiger partial charge in [-0.05, 0) is 43.7 Å². The standard InChI is InChI=1S/C18H22ClN3O/c1-5-22(3)12-20-17-10-13(2)16(11-14(17)19)21-15-8-6-7-9-18(15)23-4/h6-12,21H,5H2,1-4H3. The molecule has 2 rings (SSSR count). The van der Waals surface area contributed by atoms with Gasteiger partial charge in [0.1, 0.15) is 5.75 Å². The largest absolute Gasteiger partial charge is 0.495 e. The Bertz CT molecular complexity index is 701. The summed E-state index contributed by atoms with van der Waals surface area (Å²) < 4.78 is 5.36. The van der Waals surface area contributed by atoms with Crippen molar-refractivity contribution < 1.29 is 4.74 Å². The van der Waals surface area contributed by atoms with Gasteiger partial charge in [-0.3, -0.25) is 0 Å². The Hall–Kier alpha value is -2.20. The highest BCUT2D eigenvalue weighted by Crippen LogP contribution is 2.34. The number of methoxy groups -OCH3 is 1. The van der Waals surface area contributed by atoms with Crippen LogP contribution in [0.4, 0.5) is 17.1 Å². The highest BCUT2D eigenvalue weighted by molar-refractivity contribution is 6.33. The lowest BCUT2D eigenvalue weighted by Crippen LogP contribution is -2.14. The van der Waals surface area contributed by atoms with E-state index in [1.165, 1.54) is 0 Å². The van der Waals surface area contributed by atoms with Crippen LogP contribution >= 0.6 is 11.6 Å². The summed E-state index contributed by atoms with van der Waals surface area (Å²) in [5, 5.41) is 3.97. The van der Waals surface area contributed by atoms with Crippen molar-refractivity contribution in [1.29, 1.82) is 0 Å². The van der Waals surface area contributed by atoms with Crippen LogP contribution in [-0.2, 0) is 0 Å². The number of hydrogen-bond donors (Lipinski definition) is 1. The van der Waals surface area contributed by atoms with Crippen molar-refractivity contribution in [1.82, 2.24) is 4.90 Å². The Morgan fingerprint density at radius 2 is 2.00 bits per heavy atom. The number of nitrogens with one attached hydrogen (secondary N) is 1. The first kappa shape index (κ1) is 17.2. The minimum absolute atomic E-state index is 0.605. The predicted molar refractivity (Wildman–Crippen MR) is 98.9 cm³/mol. The number of halogens is 1. The fourth-order valence-corrected chi connectivity index (χ4v) is 2.25. The molecule has 5 heteroatoms. The molecule has 0 atom stereocenters. The molecular weight excluding hydrogens is 310 g/mol. The molecule has 0 bridgehead atoms. The molecule has 0 unspecified atom stereocenters. The monoisotopic (exact) mass is 331 g/mol. The van der Waals surface area contributed by atoms with E-state index in [0.29, 0.717) is 5.02 Å². The molecule has 2 aromatic carbocycles. The normalized spacial score (nSPS) is 10.8. The summed E-state index contributed by atoms with van der Waals surface area (Å²) in [5.74, 6) is 0.787. The lowest BCUT2D eigenvalue weighted by molar-refractivity contribution is 0.417. The van der Waals surface area contributed by atoms with Crippen molar-refractivity contribution in [2.45, 2.75) is 13.8 Å². The molecule has 0 radical (unpaired) electrons. The summed E-state index contributed by atoms with van der Waals surface area (Å²) in [5.41, 5.74) is 3.65. The minimum atomic E-state index is 0.605. The number of aryl methyl sites for hydroxylation is 1. The summed E-state index contributed by atoms with van der Waals surface area (Å²) in [6.07, 6.45) is 1.79. The number of para-hydroxylation sites is 2. The SMILES string of the molecule is CCN(C)C=Nc1cc(C)c(Nc2ccccc2OC)cc1Cl. The highest BCUT2D eigenvalue weighted by atomic mass is 35.5. The maximum atomic E-state index is 6.36. The van der Waals surface area contributed by atoms with Crippen LogP contribution in [0.5, 0.6) is 5.75 Å². The topological polar surface area (TPSA) is 36.9 Å². The second-order valence-corrected chi connectivity index (χ2v) is 5.67. The summed E-state index contributed by atoms with van der Waals surface area (Å²) in [6, 6.07) is 11.6. The van der Waals surface area contributed by atoms with Gasteiger partial charge in [-0.15, -0.1) is 0 Å². The van der Waals surface area contributed by atoms with Crippen molar-refractivity contribution >= 4 is 35.0 Å². The molecular formula is C18H22ClN3O. The molecule has 0 aromatic heterocycles. The fourth-order valence-electron chi connectivity index (χ4n) is 2.04. The quantitative estimate of drug-likeness (QED) is 0.597. The molecule has 0 spiro atoms. The predicted octanol–water partition coefficient (Wildman–Crippen LogP) is 5.01. The molecule has 0 heterocycles.